The SMILES string of the molecule is CCCOc1cc(C=O)cc(C2CC2)c1I. The highest BCUT2D eigenvalue weighted by molar-refractivity contribution is 14.1. The van der Waals surface area contributed by atoms with Crippen molar-refractivity contribution in [3.8, 4) is 5.75 Å². The van der Waals surface area contributed by atoms with Crippen molar-refractivity contribution >= 4 is 28.9 Å². The van der Waals surface area contributed by atoms with Crippen molar-refractivity contribution in [2.75, 3.05) is 6.61 Å². The lowest BCUT2D eigenvalue weighted by atomic mass is 10.1. The molecule has 1 saturated carbocycles. The molecule has 0 saturated heterocycles. The van der Waals surface area contributed by atoms with Crippen molar-refractivity contribution in [3.05, 3.63) is 26.8 Å². The number of carbonyl (C=O) groups is 1. The minimum Gasteiger partial charge on any atom is -0.492 e. The van der Waals surface area contributed by atoms with Crippen molar-refractivity contribution in [1.29, 1.82) is 0 Å². The van der Waals surface area contributed by atoms with E-state index in [4.69, 9.17) is 4.74 Å². The summed E-state index contributed by atoms with van der Waals surface area (Å²) in [6, 6.07) is 3.85. The van der Waals surface area contributed by atoms with Crippen LogP contribution in [0.25, 0.3) is 0 Å². The first-order valence-electron chi connectivity index (χ1n) is 5.67. The van der Waals surface area contributed by atoms with Gasteiger partial charge in [-0.25, -0.2) is 0 Å². The van der Waals surface area contributed by atoms with Gasteiger partial charge in [-0.3, -0.25) is 4.79 Å². The normalized spacial score (nSPS) is 14.9. The topological polar surface area (TPSA) is 26.3 Å². The van der Waals surface area contributed by atoms with Gasteiger partial charge < -0.3 is 4.74 Å². The second kappa shape index (κ2) is 5.17. The summed E-state index contributed by atoms with van der Waals surface area (Å²) < 4.78 is 6.86. The third-order valence-corrected chi connectivity index (χ3v) is 3.86. The van der Waals surface area contributed by atoms with E-state index in [1.807, 2.05) is 12.1 Å². The number of carbonyl (C=O) groups excluding carboxylic acids is 1. The molecular weight excluding hydrogens is 315 g/mol. The Morgan fingerprint density at radius 3 is 2.81 bits per heavy atom. The molecule has 1 aromatic rings. The number of hydrogen-bond acceptors (Lipinski definition) is 2. The van der Waals surface area contributed by atoms with Gasteiger partial charge in [-0.15, -0.1) is 0 Å². The Kier molecular flexibility index (Phi) is 3.84. The van der Waals surface area contributed by atoms with Crippen molar-refractivity contribution in [3.63, 3.8) is 0 Å². The van der Waals surface area contributed by atoms with Crippen LogP contribution in [-0.4, -0.2) is 12.9 Å². The van der Waals surface area contributed by atoms with E-state index in [9.17, 15) is 4.79 Å². The van der Waals surface area contributed by atoms with Crippen LogP contribution >= 0.6 is 22.6 Å². The van der Waals surface area contributed by atoms with E-state index >= 15 is 0 Å². The van der Waals surface area contributed by atoms with Gasteiger partial charge in [-0.05, 0) is 65.5 Å². The Bertz CT molecular complexity index is 397. The highest BCUT2D eigenvalue weighted by Gasteiger charge is 2.27. The molecular formula is C13H15IO2. The molecule has 0 radical (unpaired) electrons. The number of hydrogen-bond donors (Lipinski definition) is 0. The monoisotopic (exact) mass is 330 g/mol. The van der Waals surface area contributed by atoms with Gasteiger partial charge in [0, 0.05) is 5.56 Å². The molecule has 0 spiro atoms. The van der Waals surface area contributed by atoms with Gasteiger partial charge in [-0.1, -0.05) is 6.92 Å². The molecule has 0 unspecified atom stereocenters. The third kappa shape index (κ3) is 2.56. The van der Waals surface area contributed by atoms with E-state index in [1.54, 1.807) is 0 Å². The zero-order valence-corrected chi connectivity index (χ0v) is 11.5. The van der Waals surface area contributed by atoms with Gasteiger partial charge in [0.1, 0.15) is 12.0 Å². The number of rotatable bonds is 5. The van der Waals surface area contributed by atoms with Crippen molar-refractivity contribution in [1.82, 2.24) is 0 Å². The zero-order valence-electron chi connectivity index (χ0n) is 9.33. The maximum Gasteiger partial charge on any atom is 0.150 e. The van der Waals surface area contributed by atoms with Gasteiger partial charge in [-0.2, -0.15) is 0 Å². The Hall–Kier alpha value is -0.580. The van der Waals surface area contributed by atoms with Gasteiger partial charge in [0.05, 0.1) is 10.2 Å². The van der Waals surface area contributed by atoms with E-state index < -0.39 is 0 Å². The van der Waals surface area contributed by atoms with Gasteiger partial charge in [0.15, 0.2) is 0 Å². The summed E-state index contributed by atoms with van der Waals surface area (Å²) in [6.45, 7) is 2.79. The van der Waals surface area contributed by atoms with Crippen molar-refractivity contribution in [2.45, 2.75) is 32.1 Å². The first-order chi connectivity index (χ1) is 7.76. The minimum absolute atomic E-state index is 0.649. The molecule has 0 heterocycles. The molecule has 0 amide bonds. The molecule has 0 aliphatic heterocycles. The van der Waals surface area contributed by atoms with E-state index in [2.05, 4.69) is 29.5 Å². The Morgan fingerprint density at radius 2 is 2.25 bits per heavy atom. The Balaban J connectivity index is 2.33. The van der Waals surface area contributed by atoms with E-state index in [0.29, 0.717) is 12.5 Å². The van der Waals surface area contributed by atoms with E-state index in [0.717, 1.165) is 24.0 Å². The molecule has 1 aliphatic carbocycles. The smallest absolute Gasteiger partial charge is 0.150 e. The lowest BCUT2D eigenvalue weighted by Crippen LogP contribution is -2.00. The summed E-state index contributed by atoms with van der Waals surface area (Å²) in [6.07, 6.45) is 4.37. The quantitative estimate of drug-likeness (QED) is 0.607. The molecule has 2 rings (SSSR count). The number of halogens is 1. The molecule has 0 atom stereocenters. The van der Waals surface area contributed by atoms with Gasteiger partial charge in [0.25, 0.3) is 0 Å². The van der Waals surface area contributed by atoms with E-state index in [1.165, 1.54) is 22.0 Å². The summed E-state index contributed by atoms with van der Waals surface area (Å²) in [5, 5.41) is 0. The highest BCUT2D eigenvalue weighted by atomic mass is 127. The average molecular weight is 330 g/mol. The maximum atomic E-state index is 10.9. The van der Waals surface area contributed by atoms with Crippen LogP contribution in [0.5, 0.6) is 5.75 Å². The highest BCUT2D eigenvalue weighted by Crippen LogP contribution is 2.44. The van der Waals surface area contributed by atoms with Crippen LogP contribution in [0.2, 0.25) is 0 Å². The van der Waals surface area contributed by atoms with Crippen LogP contribution in [0.3, 0.4) is 0 Å². The van der Waals surface area contributed by atoms with E-state index in [-0.39, 0.29) is 0 Å². The largest absolute Gasteiger partial charge is 0.492 e. The molecule has 0 bridgehead atoms. The molecule has 86 valence electrons. The summed E-state index contributed by atoms with van der Waals surface area (Å²) >= 11 is 2.33. The third-order valence-electron chi connectivity index (χ3n) is 2.70. The number of aldehydes is 1. The van der Waals surface area contributed by atoms with Crippen LogP contribution < -0.4 is 4.74 Å². The molecule has 0 N–H and O–H groups in total. The fourth-order valence-electron chi connectivity index (χ4n) is 1.72. The van der Waals surface area contributed by atoms with Crippen LogP contribution in [-0.2, 0) is 0 Å². The summed E-state index contributed by atoms with van der Waals surface area (Å²) in [7, 11) is 0. The maximum absolute atomic E-state index is 10.9. The zero-order chi connectivity index (χ0) is 11.5. The molecule has 0 aromatic heterocycles. The average Bonchev–Trinajstić information content (AvgIpc) is 3.11. The molecule has 2 nitrogen and oxygen atoms in total. The summed E-state index contributed by atoms with van der Waals surface area (Å²) in [4.78, 5) is 10.9. The Morgan fingerprint density at radius 1 is 1.50 bits per heavy atom. The molecule has 1 aliphatic rings. The molecule has 1 fully saturated rings. The second-order valence-electron chi connectivity index (χ2n) is 4.16. The van der Waals surface area contributed by atoms with Crippen molar-refractivity contribution < 1.29 is 9.53 Å². The van der Waals surface area contributed by atoms with Crippen molar-refractivity contribution in [2.24, 2.45) is 0 Å². The fraction of sp³-hybridized carbons (Fsp3) is 0.462. The van der Waals surface area contributed by atoms with Crippen LogP contribution in [0.4, 0.5) is 0 Å². The van der Waals surface area contributed by atoms with Crippen LogP contribution in [0.15, 0.2) is 12.1 Å². The fourth-order valence-corrected chi connectivity index (χ4v) is 2.63. The number of benzene rings is 1. The molecule has 16 heavy (non-hydrogen) atoms. The minimum atomic E-state index is 0.649. The second-order valence-corrected chi connectivity index (χ2v) is 5.24. The predicted octanol–water partition coefficient (Wildman–Crippen LogP) is 3.77. The summed E-state index contributed by atoms with van der Waals surface area (Å²) in [5.74, 6) is 1.52. The predicted molar refractivity (Wildman–Crippen MR) is 72.3 cm³/mol. The first-order valence-corrected chi connectivity index (χ1v) is 6.75. The lowest BCUT2D eigenvalue weighted by Gasteiger charge is -2.11. The van der Waals surface area contributed by atoms with Crippen LogP contribution in [0.1, 0.15) is 48.0 Å². The summed E-state index contributed by atoms with van der Waals surface area (Å²) in [5.41, 5.74) is 2.02. The lowest BCUT2D eigenvalue weighted by molar-refractivity contribution is 0.112. The molecule has 3 heteroatoms. The van der Waals surface area contributed by atoms with Gasteiger partial charge in [0.2, 0.25) is 0 Å². The van der Waals surface area contributed by atoms with Gasteiger partial charge >= 0.3 is 0 Å². The number of ether oxygens (including phenoxy) is 1. The molecule has 1 aromatic carbocycles. The standard InChI is InChI=1S/C13H15IO2/c1-2-5-16-12-7-9(8-15)6-11(13(12)14)10-3-4-10/h6-8,10H,2-5H2,1H3. The Labute approximate surface area is 110 Å². The van der Waals surface area contributed by atoms with Crippen LogP contribution in [0, 0.1) is 3.57 Å². The first kappa shape index (κ1) is 11.9.